The first-order chi connectivity index (χ1) is 5.52. The third-order valence-electron chi connectivity index (χ3n) is 1.68. The first-order valence-corrected chi connectivity index (χ1v) is 4.13. The van der Waals surface area contributed by atoms with Crippen LogP contribution in [0.5, 0.6) is 0 Å². The second-order valence-corrected chi connectivity index (χ2v) is 3.48. The highest BCUT2D eigenvalue weighted by Gasteiger charge is 2.25. The van der Waals surface area contributed by atoms with Crippen LogP contribution in [0.2, 0.25) is 0 Å². The monoisotopic (exact) mass is 187 g/mol. The second-order valence-electron chi connectivity index (χ2n) is 3.03. The molecule has 0 atom stereocenters. The summed E-state index contributed by atoms with van der Waals surface area (Å²) in [5.74, 6) is -0.619. The minimum atomic E-state index is -0.355. The normalized spacial score (nSPS) is 18.7. The molecule has 0 aromatic heterocycles. The van der Waals surface area contributed by atoms with E-state index in [1.165, 1.54) is 0 Å². The summed E-state index contributed by atoms with van der Waals surface area (Å²) < 4.78 is 0. The van der Waals surface area contributed by atoms with Crippen LogP contribution in [0.4, 0.5) is 0 Å². The van der Waals surface area contributed by atoms with E-state index in [1.807, 2.05) is 13.8 Å². The second kappa shape index (κ2) is 3.27. The predicted octanol–water partition coefficient (Wildman–Crippen LogP) is 1.18. The molecule has 1 rings (SSSR count). The Morgan fingerprint density at radius 3 is 2.42 bits per heavy atom. The smallest absolute Gasteiger partial charge is 0.255 e. The van der Waals surface area contributed by atoms with Crippen LogP contribution in [-0.2, 0) is 9.59 Å². The zero-order valence-electron chi connectivity index (χ0n) is 6.98. The molecule has 0 unspecified atom stereocenters. The molecular weight excluding hydrogens is 178 g/mol. The van der Waals surface area contributed by atoms with Gasteiger partial charge >= 0.3 is 0 Å². The van der Waals surface area contributed by atoms with Crippen molar-refractivity contribution >= 4 is 23.4 Å². The summed E-state index contributed by atoms with van der Waals surface area (Å²) in [6.45, 7) is 3.74. The van der Waals surface area contributed by atoms with E-state index in [2.05, 4.69) is 5.32 Å². The van der Waals surface area contributed by atoms with Crippen LogP contribution < -0.4 is 5.32 Å². The number of hydrogen-bond donors (Lipinski definition) is 1. The van der Waals surface area contributed by atoms with Gasteiger partial charge in [-0.15, -0.1) is 0 Å². The summed E-state index contributed by atoms with van der Waals surface area (Å²) in [5.41, 5.74) is 0.524. The van der Waals surface area contributed by atoms with Gasteiger partial charge in [-0.05, 0) is 5.92 Å². The van der Waals surface area contributed by atoms with E-state index in [0.717, 1.165) is 0 Å². The zero-order valence-corrected chi connectivity index (χ0v) is 7.73. The lowest BCUT2D eigenvalue weighted by Gasteiger charge is -2.17. The van der Waals surface area contributed by atoms with Gasteiger partial charge in [0.05, 0.1) is 6.42 Å². The molecule has 0 radical (unpaired) electrons. The fourth-order valence-corrected chi connectivity index (χ4v) is 1.60. The number of carbonyl (C=O) groups is 2. The van der Waals surface area contributed by atoms with Crippen molar-refractivity contribution in [1.82, 2.24) is 5.32 Å². The first-order valence-electron chi connectivity index (χ1n) is 3.75. The average molecular weight is 188 g/mol. The molecule has 0 bridgehead atoms. The highest BCUT2D eigenvalue weighted by atomic mass is 35.5. The maximum absolute atomic E-state index is 11.2. The van der Waals surface area contributed by atoms with Gasteiger partial charge in [0.1, 0.15) is 0 Å². The summed E-state index contributed by atoms with van der Waals surface area (Å²) in [6.07, 6.45) is 0.126. The van der Waals surface area contributed by atoms with E-state index in [4.69, 9.17) is 11.6 Å². The van der Waals surface area contributed by atoms with Gasteiger partial charge in [0.2, 0.25) is 5.91 Å². The highest BCUT2D eigenvalue weighted by Crippen LogP contribution is 2.23. The lowest BCUT2D eigenvalue weighted by Crippen LogP contribution is -2.37. The molecule has 1 aliphatic rings. The maximum atomic E-state index is 11.2. The van der Waals surface area contributed by atoms with Gasteiger partial charge in [-0.25, -0.2) is 0 Å². The number of amides is 2. The minimum absolute atomic E-state index is 0.0607. The zero-order chi connectivity index (χ0) is 9.30. The number of nitrogens with one attached hydrogen (secondary N) is 1. The van der Waals surface area contributed by atoms with Crippen molar-refractivity contribution in [2.75, 3.05) is 0 Å². The Kier molecular flexibility index (Phi) is 2.52. The highest BCUT2D eigenvalue weighted by molar-refractivity contribution is 6.35. The number of carbonyl (C=O) groups excluding carboxylic acids is 2. The van der Waals surface area contributed by atoms with Crippen LogP contribution in [0, 0.1) is 5.92 Å². The lowest BCUT2D eigenvalue weighted by atomic mass is 9.98. The van der Waals surface area contributed by atoms with Gasteiger partial charge < -0.3 is 0 Å². The van der Waals surface area contributed by atoms with Crippen molar-refractivity contribution in [3.8, 4) is 0 Å². The fraction of sp³-hybridized carbons (Fsp3) is 0.500. The molecule has 0 saturated carbocycles. The molecule has 0 aliphatic carbocycles. The Morgan fingerprint density at radius 1 is 1.42 bits per heavy atom. The van der Waals surface area contributed by atoms with Crippen molar-refractivity contribution in [3.63, 3.8) is 0 Å². The van der Waals surface area contributed by atoms with E-state index < -0.39 is 0 Å². The van der Waals surface area contributed by atoms with Crippen molar-refractivity contribution in [2.24, 2.45) is 5.92 Å². The molecule has 0 saturated heterocycles. The van der Waals surface area contributed by atoms with Crippen LogP contribution >= 0.6 is 11.6 Å². The molecule has 1 N–H and O–H groups in total. The number of halogens is 1. The van der Waals surface area contributed by atoms with Gasteiger partial charge in [0.15, 0.2) is 0 Å². The number of rotatable bonds is 1. The SMILES string of the molecule is CC(C)C1=C(Cl)CC(=O)NC1=O. The fourth-order valence-electron chi connectivity index (χ4n) is 1.17. The Balaban J connectivity index is 3.01. The van der Waals surface area contributed by atoms with Crippen molar-refractivity contribution in [1.29, 1.82) is 0 Å². The Hall–Kier alpha value is -0.830. The minimum Gasteiger partial charge on any atom is -0.292 e. The van der Waals surface area contributed by atoms with Gasteiger partial charge in [0.25, 0.3) is 5.91 Å². The quantitative estimate of drug-likeness (QED) is 0.627. The Labute approximate surface area is 75.8 Å². The summed E-state index contributed by atoms with van der Waals surface area (Å²) in [4.78, 5) is 22.0. The van der Waals surface area contributed by atoms with E-state index in [9.17, 15) is 9.59 Å². The summed E-state index contributed by atoms with van der Waals surface area (Å²) in [7, 11) is 0. The van der Waals surface area contributed by atoms with E-state index in [-0.39, 0.29) is 24.2 Å². The van der Waals surface area contributed by atoms with Crippen LogP contribution in [0.15, 0.2) is 10.6 Å². The summed E-state index contributed by atoms with van der Waals surface area (Å²) in [6, 6.07) is 0. The van der Waals surface area contributed by atoms with E-state index in [0.29, 0.717) is 10.6 Å². The molecule has 1 aliphatic heterocycles. The van der Waals surface area contributed by atoms with Crippen LogP contribution in [0.25, 0.3) is 0 Å². The Morgan fingerprint density at radius 2 is 2.00 bits per heavy atom. The largest absolute Gasteiger partial charge is 0.292 e. The molecule has 66 valence electrons. The summed E-state index contributed by atoms with van der Waals surface area (Å²) in [5, 5.41) is 2.59. The molecule has 1 heterocycles. The average Bonchev–Trinajstić information content (AvgIpc) is 1.82. The standard InChI is InChI=1S/C8H10ClNO2/c1-4(2)7-5(9)3-6(11)10-8(7)12/h4H,3H2,1-2H3,(H,10,11,12). The third kappa shape index (κ3) is 1.67. The molecule has 2 amide bonds. The predicted molar refractivity (Wildman–Crippen MR) is 45.5 cm³/mol. The third-order valence-corrected chi connectivity index (χ3v) is 2.02. The summed E-state index contributed by atoms with van der Waals surface area (Å²) >= 11 is 5.77. The maximum Gasteiger partial charge on any atom is 0.255 e. The van der Waals surface area contributed by atoms with E-state index in [1.54, 1.807) is 0 Å². The van der Waals surface area contributed by atoms with Gasteiger partial charge in [-0.3, -0.25) is 14.9 Å². The van der Waals surface area contributed by atoms with Gasteiger partial charge in [0, 0.05) is 10.6 Å². The molecule has 0 fully saturated rings. The molecule has 3 nitrogen and oxygen atoms in total. The van der Waals surface area contributed by atoms with Crippen molar-refractivity contribution in [3.05, 3.63) is 10.6 Å². The van der Waals surface area contributed by atoms with E-state index >= 15 is 0 Å². The topological polar surface area (TPSA) is 46.2 Å². The molecule has 0 aromatic carbocycles. The first kappa shape index (κ1) is 9.26. The van der Waals surface area contributed by atoms with Crippen LogP contribution in [0.3, 0.4) is 0 Å². The molecule has 4 heteroatoms. The number of hydrogen-bond acceptors (Lipinski definition) is 2. The lowest BCUT2D eigenvalue weighted by molar-refractivity contribution is -0.129. The van der Waals surface area contributed by atoms with Crippen molar-refractivity contribution in [2.45, 2.75) is 20.3 Å². The van der Waals surface area contributed by atoms with Gasteiger partial charge in [-0.1, -0.05) is 25.4 Å². The van der Waals surface area contributed by atoms with Crippen LogP contribution in [-0.4, -0.2) is 11.8 Å². The van der Waals surface area contributed by atoms with Gasteiger partial charge in [-0.2, -0.15) is 0 Å². The molecule has 0 aromatic rings. The molecular formula is C8H10ClNO2. The van der Waals surface area contributed by atoms with Crippen molar-refractivity contribution < 1.29 is 9.59 Å². The number of imide groups is 1. The Bertz CT molecular complexity index is 268. The molecule has 0 spiro atoms. The van der Waals surface area contributed by atoms with Crippen LogP contribution in [0.1, 0.15) is 20.3 Å². The molecule has 12 heavy (non-hydrogen) atoms.